The van der Waals surface area contributed by atoms with Crippen LogP contribution >= 0.6 is 0 Å². The van der Waals surface area contributed by atoms with E-state index in [9.17, 15) is 4.79 Å². The lowest BCUT2D eigenvalue weighted by Gasteiger charge is -2.43. The molecule has 0 fully saturated rings. The van der Waals surface area contributed by atoms with E-state index in [1.165, 1.54) is 10.4 Å². The second kappa shape index (κ2) is 12.1. The summed E-state index contributed by atoms with van der Waals surface area (Å²) < 4.78 is 18.3. The number of ether oxygens (including phenoxy) is 2. The topological polar surface area (TPSA) is 44.8 Å². The van der Waals surface area contributed by atoms with Crippen LogP contribution in [-0.2, 0) is 20.6 Å². The van der Waals surface area contributed by atoms with Crippen molar-refractivity contribution >= 4 is 25.0 Å². The summed E-state index contributed by atoms with van der Waals surface area (Å²) in [4.78, 5) is 11.3. The van der Waals surface area contributed by atoms with Crippen LogP contribution in [0.1, 0.15) is 39.2 Å². The molecule has 3 rings (SSSR count). The van der Waals surface area contributed by atoms with Crippen LogP contribution in [0.25, 0.3) is 0 Å². The second-order valence-electron chi connectivity index (χ2n) is 9.48. The van der Waals surface area contributed by atoms with Crippen molar-refractivity contribution in [2.45, 2.75) is 51.4 Å². The maximum atomic E-state index is 11.3. The molecule has 0 N–H and O–H groups in total. The number of hydrogen-bond acceptors (Lipinski definition) is 4. The fraction of sp³-hybridized carbons (Fsp3) is 0.345. The van der Waals surface area contributed by atoms with E-state index in [1.807, 2.05) is 36.4 Å². The van der Waals surface area contributed by atoms with Gasteiger partial charge in [0, 0.05) is 13.0 Å². The molecule has 0 aliphatic heterocycles. The van der Waals surface area contributed by atoms with Crippen LogP contribution in [-0.4, -0.2) is 34.4 Å². The van der Waals surface area contributed by atoms with Gasteiger partial charge in [0.05, 0.1) is 19.8 Å². The summed E-state index contributed by atoms with van der Waals surface area (Å²) in [5.41, 5.74) is 1.05. The van der Waals surface area contributed by atoms with Crippen molar-refractivity contribution in [3.63, 3.8) is 0 Å². The van der Waals surface area contributed by atoms with Gasteiger partial charge in [-0.3, -0.25) is 0 Å². The van der Waals surface area contributed by atoms with E-state index in [2.05, 4.69) is 69.3 Å². The van der Waals surface area contributed by atoms with Gasteiger partial charge in [0.15, 0.2) is 0 Å². The first-order valence-electron chi connectivity index (χ1n) is 11.8. The molecular formula is C29H36O4Si. The fourth-order valence-corrected chi connectivity index (χ4v) is 9.00. The van der Waals surface area contributed by atoms with E-state index >= 15 is 0 Å². The number of aldehydes is 1. The zero-order valence-corrected chi connectivity index (χ0v) is 21.7. The molecule has 0 aromatic heterocycles. The first-order valence-corrected chi connectivity index (χ1v) is 13.7. The Kier molecular flexibility index (Phi) is 9.22. The van der Waals surface area contributed by atoms with Crippen molar-refractivity contribution in [3.8, 4) is 5.75 Å². The lowest BCUT2D eigenvalue weighted by molar-refractivity contribution is -0.111. The Morgan fingerprint density at radius 3 is 1.88 bits per heavy atom. The minimum absolute atomic E-state index is 0.0835. The van der Waals surface area contributed by atoms with Crippen molar-refractivity contribution in [1.82, 2.24) is 0 Å². The summed E-state index contributed by atoms with van der Waals surface area (Å²) >= 11 is 0. The maximum Gasteiger partial charge on any atom is 0.261 e. The quantitative estimate of drug-likeness (QED) is 0.268. The van der Waals surface area contributed by atoms with E-state index in [0.717, 1.165) is 17.6 Å². The number of hydrogen-bond donors (Lipinski definition) is 0. The van der Waals surface area contributed by atoms with Gasteiger partial charge in [-0.1, -0.05) is 93.6 Å². The van der Waals surface area contributed by atoms with Crippen LogP contribution in [0.2, 0.25) is 5.04 Å². The van der Waals surface area contributed by atoms with Crippen molar-refractivity contribution in [1.29, 1.82) is 0 Å². The predicted molar refractivity (Wildman–Crippen MR) is 140 cm³/mol. The van der Waals surface area contributed by atoms with Gasteiger partial charge in [0.2, 0.25) is 0 Å². The van der Waals surface area contributed by atoms with E-state index in [0.29, 0.717) is 26.1 Å². The number of carbonyl (C=O) groups is 1. The smallest absolute Gasteiger partial charge is 0.261 e. The van der Waals surface area contributed by atoms with E-state index in [1.54, 1.807) is 7.11 Å². The summed E-state index contributed by atoms with van der Waals surface area (Å²) in [6.45, 7) is 7.77. The van der Waals surface area contributed by atoms with E-state index < -0.39 is 8.32 Å². The first kappa shape index (κ1) is 25.9. The maximum absolute atomic E-state index is 11.3. The zero-order valence-electron chi connectivity index (χ0n) is 20.7. The van der Waals surface area contributed by atoms with Crippen molar-refractivity contribution in [2.75, 3.05) is 13.7 Å². The van der Waals surface area contributed by atoms with E-state index in [-0.39, 0.29) is 11.1 Å². The molecule has 0 spiro atoms. The minimum atomic E-state index is -2.59. The van der Waals surface area contributed by atoms with Crippen LogP contribution in [0, 0.1) is 0 Å². The fourth-order valence-electron chi connectivity index (χ4n) is 4.42. The molecule has 0 aliphatic rings. The Morgan fingerprint density at radius 1 is 0.853 bits per heavy atom. The van der Waals surface area contributed by atoms with Gasteiger partial charge in [-0.25, -0.2) is 0 Å². The van der Waals surface area contributed by atoms with Gasteiger partial charge < -0.3 is 18.7 Å². The number of rotatable bonds is 12. The molecule has 0 bridgehead atoms. The van der Waals surface area contributed by atoms with Crippen molar-refractivity contribution in [2.24, 2.45) is 0 Å². The molecule has 0 saturated carbocycles. The Balaban J connectivity index is 1.77. The monoisotopic (exact) mass is 476 g/mol. The molecular weight excluding hydrogens is 440 g/mol. The van der Waals surface area contributed by atoms with Crippen LogP contribution < -0.4 is 15.1 Å². The summed E-state index contributed by atoms with van der Waals surface area (Å²) in [6.07, 6.45) is 1.74. The zero-order chi connectivity index (χ0) is 24.4. The highest BCUT2D eigenvalue weighted by Gasteiger charge is 2.50. The molecule has 5 heteroatoms. The summed E-state index contributed by atoms with van der Waals surface area (Å²) in [5, 5.41) is 2.42. The van der Waals surface area contributed by atoms with Crippen LogP contribution in [0.3, 0.4) is 0 Å². The van der Waals surface area contributed by atoms with Crippen LogP contribution in [0.4, 0.5) is 0 Å². The largest absolute Gasteiger partial charge is 0.497 e. The third kappa shape index (κ3) is 6.23. The van der Waals surface area contributed by atoms with Crippen molar-refractivity contribution in [3.05, 3.63) is 90.5 Å². The molecule has 4 nitrogen and oxygen atoms in total. The SMILES string of the molecule is COc1ccc(CO[C@H](CC=O)CCO[Si](c2ccccc2)(c2ccccc2)C(C)(C)C)cc1. The normalized spacial score (nSPS) is 12.8. The summed E-state index contributed by atoms with van der Waals surface area (Å²) in [5.74, 6) is 0.812. The molecule has 0 unspecified atom stereocenters. The second-order valence-corrected chi connectivity index (χ2v) is 13.8. The lowest BCUT2D eigenvalue weighted by Crippen LogP contribution is -2.66. The highest BCUT2D eigenvalue weighted by atomic mass is 28.4. The lowest BCUT2D eigenvalue weighted by atomic mass is 10.2. The van der Waals surface area contributed by atoms with Crippen LogP contribution in [0.15, 0.2) is 84.9 Å². The Labute approximate surface area is 205 Å². The standard InChI is InChI=1S/C29H36O4Si/c1-29(2,3)34(27-11-7-5-8-12-27,28-13-9-6-10-14-28)33-22-20-26(19-21-30)32-23-24-15-17-25(31-4)18-16-24/h5-18,21,26H,19-20,22-23H2,1-4H3/t26-/m1/s1. The third-order valence-corrected chi connectivity index (χ3v) is 11.2. The van der Waals surface area contributed by atoms with Gasteiger partial charge in [0.1, 0.15) is 12.0 Å². The average molecular weight is 477 g/mol. The third-order valence-electron chi connectivity index (χ3n) is 6.18. The average Bonchev–Trinajstić information content (AvgIpc) is 2.85. The highest BCUT2D eigenvalue weighted by molar-refractivity contribution is 6.99. The molecule has 0 radical (unpaired) electrons. The van der Waals surface area contributed by atoms with Crippen LogP contribution in [0.5, 0.6) is 5.75 Å². The molecule has 3 aromatic carbocycles. The van der Waals surface area contributed by atoms with E-state index in [4.69, 9.17) is 13.9 Å². The Morgan fingerprint density at radius 2 is 1.41 bits per heavy atom. The Bertz CT molecular complexity index is 958. The molecule has 0 saturated heterocycles. The molecule has 3 aromatic rings. The number of benzene rings is 3. The molecule has 0 heterocycles. The molecule has 0 amide bonds. The minimum Gasteiger partial charge on any atom is -0.497 e. The van der Waals surface area contributed by atoms with Crippen molar-refractivity contribution < 1.29 is 18.7 Å². The Hall–Kier alpha value is -2.73. The van der Waals surface area contributed by atoms with Gasteiger partial charge >= 0.3 is 0 Å². The van der Waals surface area contributed by atoms with Gasteiger partial charge in [-0.15, -0.1) is 0 Å². The van der Waals surface area contributed by atoms with Gasteiger partial charge in [-0.2, -0.15) is 0 Å². The summed E-state index contributed by atoms with van der Waals surface area (Å²) in [7, 11) is -0.944. The molecule has 34 heavy (non-hydrogen) atoms. The number of methoxy groups -OCH3 is 1. The van der Waals surface area contributed by atoms with Gasteiger partial charge in [0.25, 0.3) is 8.32 Å². The predicted octanol–water partition coefficient (Wildman–Crippen LogP) is 5.14. The number of carbonyl (C=O) groups excluding carboxylic acids is 1. The molecule has 0 aliphatic carbocycles. The van der Waals surface area contributed by atoms with Gasteiger partial charge in [-0.05, 0) is 39.5 Å². The summed E-state index contributed by atoms with van der Waals surface area (Å²) in [6, 6.07) is 29.0. The highest BCUT2D eigenvalue weighted by Crippen LogP contribution is 2.36. The molecule has 180 valence electrons. The molecule has 1 atom stereocenters. The first-order chi connectivity index (χ1) is 16.4.